The predicted molar refractivity (Wildman–Crippen MR) is 170 cm³/mol. The molecule has 1 aromatic heterocycles. The first-order valence-electron chi connectivity index (χ1n) is 12.4. The lowest BCUT2D eigenvalue weighted by Gasteiger charge is -2.22. The van der Waals surface area contributed by atoms with E-state index in [1.807, 2.05) is 19.6 Å². The molecule has 0 unspecified atom stereocenters. The van der Waals surface area contributed by atoms with Crippen LogP contribution in [0.1, 0.15) is 40.6 Å². The fourth-order valence-corrected chi connectivity index (χ4v) is 4.20. The lowest BCUT2D eigenvalue weighted by atomic mass is 10.1. The number of methoxy groups -OCH3 is 3. The number of hydrogen-bond acceptors (Lipinski definition) is 8. The Kier molecular flexibility index (Phi) is 16.3. The minimum atomic E-state index is -1.92. The second-order valence-electron chi connectivity index (χ2n) is 9.32. The Hall–Kier alpha value is -4.16. The van der Waals surface area contributed by atoms with E-state index in [9.17, 15) is 28.0 Å². The van der Waals surface area contributed by atoms with Gasteiger partial charge in [0, 0.05) is 18.2 Å². The average molecular weight is 692 g/mol. The van der Waals surface area contributed by atoms with Gasteiger partial charge in [-0.25, -0.2) is 28.0 Å². The van der Waals surface area contributed by atoms with E-state index in [-0.39, 0.29) is 30.1 Å². The summed E-state index contributed by atoms with van der Waals surface area (Å²) < 4.78 is 41.7. The van der Waals surface area contributed by atoms with Gasteiger partial charge in [-0.1, -0.05) is 56.2 Å². The number of carboxylic acids is 1. The number of benzene rings is 2. The van der Waals surface area contributed by atoms with Gasteiger partial charge in [-0.3, -0.25) is 0 Å². The van der Waals surface area contributed by atoms with Gasteiger partial charge >= 0.3 is 24.1 Å². The van der Waals surface area contributed by atoms with E-state index >= 15 is 0 Å². The quantitative estimate of drug-likeness (QED) is 0.113. The number of carbonyl (C=O) groups excluding carboxylic acids is 3. The molecule has 3 aromatic rings. The van der Waals surface area contributed by atoms with Crippen molar-refractivity contribution in [3.63, 3.8) is 0 Å². The van der Waals surface area contributed by atoms with Crippen LogP contribution >= 0.6 is 23.2 Å². The number of nitrogens with one attached hydrogen (secondary N) is 1. The molecular formula is C29H34Cl2F2N2O9Si. The van der Waals surface area contributed by atoms with Crippen LogP contribution in [0.25, 0.3) is 10.9 Å². The van der Waals surface area contributed by atoms with Crippen LogP contribution in [0.2, 0.25) is 29.7 Å². The number of H-pyrrole nitrogens is 1. The number of ether oxygens (including phenoxy) is 3. The number of carboxylic acid groups (broad SMARTS) is 1. The number of aliphatic hydroxyl groups excluding tert-OH is 1. The predicted octanol–water partition coefficient (Wildman–Crippen LogP) is 7.13. The number of carbonyl (C=O) groups is 4. The van der Waals surface area contributed by atoms with Gasteiger partial charge in [0.15, 0.2) is 11.6 Å². The zero-order valence-electron chi connectivity index (χ0n) is 24.7. The molecule has 246 valence electrons. The number of fused-ring (bicyclic) bond motifs is 1. The summed E-state index contributed by atoms with van der Waals surface area (Å²) in [5, 5.41) is 16.3. The molecule has 0 bridgehead atoms. The molecule has 0 radical (unpaired) electrons. The Balaban J connectivity index is 0.000000894. The van der Waals surface area contributed by atoms with Crippen LogP contribution in [0.4, 0.5) is 24.1 Å². The van der Waals surface area contributed by atoms with Crippen molar-refractivity contribution in [3.05, 3.63) is 62.8 Å². The summed E-state index contributed by atoms with van der Waals surface area (Å²) in [7, 11) is 1.12. The van der Waals surface area contributed by atoms with Crippen LogP contribution in [0.5, 0.6) is 0 Å². The number of aromatic carboxylic acids is 1. The fourth-order valence-electron chi connectivity index (χ4n) is 3.27. The molecule has 0 saturated heterocycles. The third kappa shape index (κ3) is 10.5. The van der Waals surface area contributed by atoms with E-state index in [4.69, 9.17) is 33.4 Å². The Morgan fingerprint density at radius 1 is 0.956 bits per heavy atom. The first kappa shape index (κ1) is 40.8. The Bertz CT molecular complexity index is 1600. The number of halogens is 4. The zero-order chi connectivity index (χ0) is 33.9. The molecule has 2 aromatic carbocycles. The topological polar surface area (TPSA) is 155 Å². The second-order valence-corrected chi connectivity index (χ2v) is 14.9. The Morgan fingerprint density at radius 3 is 1.89 bits per heavy atom. The van der Waals surface area contributed by atoms with Gasteiger partial charge < -0.3 is 29.4 Å². The summed E-state index contributed by atoms with van der Waals surface area (Å²) in [6.07, 6.45) is -0.873. The van der Waals surface area contributed by atoms with E-state index < -0.39 is 65.7 Å². The summed E-state index contributed by atoms with van der Waals surface area (Å²) in [4.78, 5) is 50.3. The molecule has 16 heteroatoms. The molecule has 3 N–H and O–H groups in total. The highest BCUT2D eigenvalue weighted by Crippen LogP contribution is 2.34. The van der Waals surface area contributed by atoms with Crippen LogP contribution in [0.15, 0.2) is 24.4 Å². The van der Waals surface area contributed by atoms with Crippen LogP contribution in [-0.4, -0.2) is 75.3 Å². The lowest BCUT2D eigenvalue weighted by Crippen LogP contribution is -2.39. The van der Waals surface area contributed by atoms with Crippen molar-refractivity contribution in [1.82, 2.24) is 4.98 Å². The van der Waals surface area contributed by atoms with Crippen LogP contribution < -0.4 is 4.90 Å². The standard InChI is InChI=1S/C17H19ClFNO6Si.C9H5ClFNO2.C2H6O.CH4/c1-24-15(21)12-13(19)11(18)9-10(7-8-27(4,5)6)14(12)20(16(22)25-2)17(23)26-3;10-5-3-4-1-2-12-8(4)6(7(5)11)9(13)14;1-2-3;/h9H,1-6H3;1-3,12H,(H,13,14);3H,2H2,1H3;1H4. The van der Waals surface area contributed by atoms with Gasteiger partial charge in [-0.2, -0.15) is 4.90 Å². The smallest absolute Gasteiger partial charge is 0.423 e. The van der Waals surface area contributed by atoms with Crippen molar-refractivity contribution in [2.24, 2.45) is 0 Å². The molecule has 1 heterocycles. The van der Waals surface area contributed by atoms with Crippen molar-refractivity contribution in [3.8, 4) is 11.5 Å². The van der Waals surface area contributed by atoms with E-state index in [2.05, 4.69) is 30.7 Å². The maximum absolute atomic E-state index is 14.6. The normalized spacial score (nSPS) is 9.96. The number of amides is 2. The van der Waals surface area contributed by atoms with E-state index in [1.165, 1.54) is 12.3 Å². The largest absolute Gasteiger partial charge is 0.478 e. The number of esters is 1. The first-order chi connectivity index (χ1) is 20.5. The van der Waals surface area contributed by atoms with Crippen molar-refractivity contribution < 1.29 is 52.4 Å². The summed E-state index contributed by atoms with van der Waals surface area (Å²) in [6.45, 7) is 7.78. The van der Waals surface area contributed by atoms with Crippen molar-refractivity contribution in [1.29, 1.82) is 0 Å². The fraction of sp³-hybridized carbons (Fsp3) is 0.310. The Morgan fingerprint density at radius 2 is 1.44 bits per heavy atom. The van der Waals surface area contributed by atoms with Gasteiger partial charge in [0.1, 0.15) is 19.2 Å². The van der Waals surface area contributed by atoms with Crippen molar-refractivity contribution >= 4 is 72.0 Å². The molecule has 0 aliphatic rings. The Labute approximate surface area is 270 Å². The molecule has 0 aliphatic heterocycles. The minimum Gasteiger partial charge on any atom is -0.478 e. The summed E-state index contributed by atoms with van der Waals surface area (Å²) in [5.74, 6) is -1.79. The van der Waals surface area contributed by atoms with Gasteiger partial charge in [0.25, 0.3) is 0 Å². The highest BCUT2D eigenvalue weighted by molar-refractivity contribution is 6.83. The number of hydrogen-bond donors (Lipinski definition) is 3. The third-order valence-electron chi connectivity index (χ3n) is 5.05. The molecule has 11 nitrogen and oxygen atoms in total. The number of imide groups is 1. The number of aromatic nitrogens is 1. The number of anilines is 1. The molecule has 0 spiro atoms. The lowest BCUT2D eigenvalue weighted by molar-refractivity contribution is 0.0595. The molecule has 45 heavy (non-hydrogen) atoms. The molecular weight excluding hydrogens is 657 g/mol. The number of nitrogens with zero attached hydrogens (tertiary/aromatic N) is 1. The molecule has 0 atom stereocenters. The molecule has 0 aliphatic carbocycles. The van der Waals surface area contributed by atoms with Gasteiger partial charge in [-0.15, -0.1) is 5.54 Å². The summed E-state index contributed by atoms with van der Waals surface area (Å²) >= 11 is 11.4. The minimum absolute atomic E-state index is 0. The van der Waals surface area contributed by atoms with E-state index in [1.54, 1.807) is 13.0 Å². The zero-order valence-corrected chi connectivity index (χ0v) is 27.2. The third-order valence-corrected chi connectivity index (χ3v) is 6.47. The molecule has 2 amide bonds. The van der Waals surface area contributed by atoms with E-state index in [0.29, 0.717) is 10.3 Å². The number of aliphatic hydroxyl groups is 1. The maximum atomic E-state index is 14.6. The highest BCUT2D eigenvalue weighted by Gasteiger charge is 2.35. The maximum Gasteiger partial charge on any atom is 0.423 e. The summed E-state index contributed by atoms with van der Waals surface area (Å²) in [5.41, 5.74) is 1.61. The SMILES string of the molecule is C.CCO.COC(=O)c1c(F)c(Cl)cc(C#C[Si](C)(C)C)c1N(C(=O)OC)C(=O)OC.O=C(O)c1c(F)c(Cl)cc2cc[nH]c12. The van der Waals surface area contributed by atoms with E-state index in [0.717, 1.165) is 27.4 Å². The van der Waals surface area contributed by atoms with Crippen LogP contribution in [0.3, 0.4) is 0 Å². The van der Waals surface area contributed by atoms with Crippen molar-refractivity contribution in [2.75, 3.05) is 32.8 Å². The summed E-state index contributed by atoms with van der Waals surface area (Å²) in [6, 6.07) is 4.13. The highest BCUT2D eigenvalue weighted by atomic mass is 35.5. The average Bonchev–Trinajstić information content (AvgIpc) is 3.41. The van der Waals surface area contributed by atoms with Gasteiger partial charge in [-0.05, 0) is 25.1 Å². The molecule has 3 rings (SSSR count). The van der Waals surface area contributed by atoms with Gasteiger partial charge in [0.05, 0.1) is 48.1 Å². The first-order valence-corrected chi connectivity index (χ1v) is 16.6. The van der Waals surface area contributed by atoms with Crippen molar-refractivity contribution in [2.45, 2.75) is 34.0 Å². The second kappa shape index (κ2) is 18.0. The number of aromatic amines is 1. The van der Waals surface area contributed by atoms with Gasteiger partial charge in [0.2, 0.25) is 0 Å². The van der Waals surface area contributed by atoms with Crippen LogP contribution in [0, 0.1) is 23.1 Å². The monoisotopic (exact) mass is 690 g/mol. The van der Waals surface area contributed by atoms with Crippen LogP contribution in [-0.2, 0) is 14.2 Å². The molecule has 0 saturated carbocycles. The number of rotatable bonds is 3. The molecule has 0 fully saturated rings.